The molecule has 0 amide bonds. The van der Waals surface area contributed by atoms with Gasteiger partial charge in [0.1, 0.15) is 6.10 Å². The van der Waals surface area contributed by atoms with Gasteiger partial charge in [-0.15, -0.1) is 0 Å². The summed E-state index contributed by atoms with van der Waals surface area (Å²) in [4.78, 5) is 2.51. The minimum Gasteiger partial charge on any atom is -0.374 e. The van der Waals surface area contributed by atoms with Gasteiger partial charge in [-0.25, -0.2) is 0 Å². The molecule has 3 rings (SSSR count). The molecule has 0 saturated heterocycles. The summed E-state index contributed by atoms with van der Waals surface area (Å²) in [6.07, 6.45) is 12.2. The molecule has 1 fully saturated rings. The normalized spacial score (nSPS) is 21.4. The quantitative estimate of drug-likeness (QED) is 0.163. The van der Waals surface area contributed by atoms with Crippen molar-refractivity contribution in [2.45, 2.75) is 129 Å². The molecular formula is C36H57NO3. The fourth-order valence-electron chi connectivity index (χ4n) is 5.83. The molecule has 2 aromatic carbocycles. The Morgan fingerprint density at radius 2 is 1.27 bits per heavy atom. The van der Waals surface area contributed by atoms with Crippen LogP contribution in [0.4, 0.5) is 0 Å². The Morgan fingerprint density at radius 1 is 0.700 bits per heavy atom. The molecule has 4 atom stereocenters. The second kappa shape index (κ2) is 18.0. The first kappa shape index (κ1) is 32.8. The minimum atomic E-state index is 0.00948. The zero-order chi connectivity index (χ0) is 28.6. The third kappa shape index (κ3) is 12.0. The van der Waals surface area contributed by atoms with Gasteiger partial charge in [-0.2, -0.15) is 0 Å². The largest absolute Gasteiger partial charge is 0.374 e. The zero-order valence-electron chi connectivity index (χ0n) is 26.2. The molecular weight excluding hydrogens is 494 g/mol. The van der Waals surface area contributed by atoms with E-state index in [1.165, 1.54) is 62.5 Å². The zero-order valence-corrected chi connectivity index (χ0v) is 26.2. The summed E-state index contributed by atoms with van der Waals surface area (Å²) in [6, 6.07) is 21.2. The van der Waals surface area contributed by atoms with E-state index in [2.05, 4.69) is 100 Å². The van der Waals surface area contributed by atoms with Gasteiger partial charge in [0.25, 0.3) is 0 Å². The van der Waals surface area contributed by atoms with Crippen molar-refractivity contribution in [3.63, 3.8) is 0 Å². The maximum absolute atomic E-state index is 6.73. The second-order valence-electron chi connectivity index (χ2n) is 13.0. The lowest BCUT2D eigenvalue weighted by Crippen LogP contribution is -2.48. The van der Waals surface area contributed by atoms with Gasteiger partial charge in [0.05, 0.1) is 31.5 Å². The highest BCUT2D eigenvalue weighted by molar-refractivity contribution is 5.15. The van der Waals surface area contributed by atoms with Crippen LogP contribution in [-0.2, 0) is 27.4 Å². The highest BCUT2D eigenvalue weighted by Crippen LogP contribution is 2.34. The maximum Gasteiger partial charge on any atom is 0.102 e. The Kier molecular flexibility index (Phi) is 14.7. The Bertz CT molecular complexity index is 897. The number of likely N-dealkylation sites (N-methyl/N-ethyl adjacent to an activating group) is 1. The van der Waals surface area contributed by atoms with E-state index >= 15 is 0 Å². The number of benzene rings is 2. The van der Waals surface area contributed by atoms with Crippen LogP contribution in [0, 0.1) is 5.41 Å². The molecule has 224 valence electrons. The summed E-state index contributed by atoms with van der Waals surface area (Å²) in [6.45, 7) is 12.4. The standard InChI is InChI=1S/C36H57NO3/c1-6-7-8-9-19-26-38-35-33(40-29-31-22-15-11-16-23-31)27-32(39-28-30-20-13-10-14-21-30)34(35)37(5)25-18-12-17-24-36(2,3)4/h10-11,13-16,20-23,32-35H,6-9,12,17-19,24-29H2,1-5H3/t32-,33+,34+,35+/m0/s1. The van der Waals surface area contributed by atoms with Gasteiger partial charge in [-0.05, 0) is 49.4 Å². The number of hydrogen-bond acceptors (Lipinski definition) is 4. The first-order valence-electron chi connectivity index (χ1n) is 16.0. The molecule has 0 spiro atoms. The molecule has 0 aromatic heterocycles. The average Bonchev–Trinajstić information content (AvgIpc) is 3.30. The lowest BCUT2D eigenvalue weighted by atomic mass is 9.89. The Hall–Kier alpha value is -1.72. The molecule has 0 heterocycles. The van der Waals surface area contributed by atoms with Crippen LogP contribution in [0.3, 0.4) is 0 Å². The Labute approximate surface area is 245 Å². The fraction of sp³-hybridized carbons (Fsp3) is 0.667. The van der Waals surface area contributed by atoms with E-state index in [4.69, 9.17) is 14.2 Å². The van der Waals surface area contributed by atoms with E-state index in [1.807, 2.05) is 0 Å². The highest BCUT2D eigenvalue weighted by Gasteiger charge is 2.47. The summed E-state index contributed by atoms with van der Waals surface area (Å²) in [5, 5.41) is 0. The van der Waals surface area contributed by atoms with Crippen molar-refractivity contribution >= 4 is 0 Å². The minimum absolute atomic E-state index is 0.00948. The smallest absolute Gasteiger partial charge is 0.102 e. The molecule has 0 unspecified atom stereocenters. The second-order valence-corrected chi connectivity index (χ2v) is 13.0. The van der Waals surface area contributed by atoms with Crippen molar-refractivity contribution in [2.75, 3.05) is 20.2 Å². The van der Waals surface area contributed by atoms with Crippen LogP contribution in [0.2, 0.25) is 0 Å². The average molecular weight is 552 g/mol. The molecule has 2 aromatic rings. The van der Waals surface area contributed by atoms with E-state index in [1.54, 1.807) is 0 Å². The number of ether oxygens (including phenoxy) is 3. The van der Waals surface area contributed by atoms with Crippen LogP contribution < -0.4 is 0 Å². The summed E-state index contributed by atoms with van der Waals surface area (Å²) < 4.78 is 20.0. The van der Waals surface area contributed by atoms with E-state index in [-0.39, 0.29) is 24.4 Å². The van der Waals surface area contributed by atoms with Crippen molar-refractivity contribution in [3.05, 3.63) is 71.8 Å². The third-order valence-electron chi connectivity index (χ3n) is 8.17. The van der Waals surface area contributed by atoms with Gasteiger partial charge < -0.3 is 14.2 Å². The molecule has 1 saturated carbocycles. The van der Waals surface area contributed by atoms with Crippen molar-refractivity contribution in [2.24, 2.45) is 5.41 Å². The van der Waals surface area contributed by atoms with Crippen LogP contribution in [-0.4, -0.2) is 49.5 Å². The Balaban J connectivity index is 1.68. The SMILES string of the molecule is CCCCCCCO[C@H]1[C@H](N(C)CCCCCC(C)(C)C)[C@@H](OCc2ccccc2)C[C@H]1OCc1ccccc1. The Morgan fingerprint density at radius 3 is 1.88 bits per heavy atom. The predicted octanol–water partition coefficient (Wildman–Crippen LogP) is 8.82. The highest BCUT2D eigenvalue weighted by atomic mass is 16.6. The summed E-state index contributed by atoms with van der Waals surface area (Å²) in [7, 11) is 2.27. The van der Waals surface area contributed by atoms with Crippen molar-refractivity contribution in [1.29, 1.82) is 0 Å². The van der Waals surface area contributed by atoms with Crippen LogP contribution in [0.1, 0.15) is 103 Å². The summed E-state index contributed by atoms with van der Waals surface area (Å²) >= 11 is 0. The predicted molar refractivity (Wildman–Crippen MR) is 167 cm³/mol. The van der Waals surface area contributed by atoms with Gasteiger partial charge in [-0.3, -0.25) is 4.90 Å². The molecule has 1 aliphatic rings. The third-order valence-corrected chi connectivity index (χ3v) is 8.17. The van der Waals surface area contributed by atoms with Gasteiger partial charge in [0.2, 0.25) is 0 Å². The first-order valence-corrected chi connectivity index (χ1v) is 16.0. The molecule has 1 aliphatic carbocycles. The maximum atomic E-state index is 6.73. The molecule has 0 bridgehead atoms. The van der Waals surface area contributed by atoms with Crippen LogP contribution in [0.5, 0.6) is 0 Å². The molecule has 0 radical (unpaired) electrons. The van der Waals surface area contributed by atoms with Crippen LogP contribution in [0.25, 0.3) is 0 Å². The number of rotatable bonds is 19. The molecule has 0 N–H and O–H groups in total. The topological polar surface area (TPSA) is 30.9 Å². The molecule has 0 aliphatic heterocycles. The molecule has 4 heteroatoms. The lowest BCUT2D eigenvalue weighted by molar-refractivity contribution is -0.0898. The van der Waals surface area contributed by atoms with Crippen molar-refractivity contribution in [1.82, 2.24) is 4.90 Å². The molecule has 4 nitrogen and oxygen atoms in total. The fourth-order valence-corrected chi connectivity index (χ4v) is 5.83. The monoisotopic (exact) mass is 551 g/mol. The van der Waals surface area contributed by atoms with Gasteiger partial charge in [0.15, 0.2) is 0 Å². The van der Waals surface area contributed by atoms with Gasteiger partial charge in [-0.1, -0.05) is 127 Å². The number of unbranched alkanes of at least 4 members (excludes halogenated alkanes) is 6. The van der Waals surface area contributed by atoms with E-state index in [0.29, 0.717) is 18.6 Å². The lowest BCUT2D eigenvalue weighted by Gasteiger charge is -2.34. The number of hydrogen-bond donors (Lipinski definition) is 0. The molecule has 40 heavy (non-hydrogen) atoms. The van der Waals surface area contributed by atoms with Crippen molar-refractivity contribution < 1.29 is 14.2 Å². The van der Waals surface area contributed by atoms with E-state index in [9.17, 15) is 0 Å². The van der Waals surface area contributed by atoms with E-state index in [0.717, 1.165) is 26.0 Å². The summed E-state index contributed by atoms with van der Waals surface area (Å²) in [5.74, 6) is 0. The first-order chi connectivity index (χ1) is 19.4. The van der Waals surface area contributed by atoms with Gasteiger partial charge in [0, 0.05) is 13.0 Å². The van der Waals surface area contributed by atoms with Gasteiger partial charge >= 0.3 is 0 Å². The van der Waals surface area contributed by atoms with E-state index < -0.39 is 0 Å². The van der Waals surface area contributed by atoms with Crippen LogP contribution >= 0.6 is 0 Å². The van der Waals surface area contributed by atoms with Crippen LogP contribution in [0.15, 0.2) is 60.7 Å². The number of nitrogens with zero attached hydrogens (tertiary/aromatic N) is 1. The van der Waals surface area contributed by atoms with Crippen molar-refractivity contribution in [3.8, 4) is 0 Å². The summed E-state index contributed by atoms with van der Waals surface area (Å²) in [5.41, 5.74) is 2.83.